The molecule has 164 valence electrons. The van der Waals surface area contributed by atoms with E-state index in [0.29, 0.717) is 0 Å². The molecule has 1 fully saturated rings. The first kappa shape index (κ1) is 23.3. The monoisotopic (exact) mass is 404 g/mol. The summed E-state index contributed by atoms with van der Waals surface area (Å²) in [6.45, 7) is 7.68. The lowest BCUT2D eigenvalue weighted by molar-refractivity contribution is 0.224. The average Bonchev–Trinajstić information content (AvgIpc) is 2.74. The van der Waals surface area contributed by atoms with Crippen LogP contribution < -0.4 is 14.8 Å². The predicted molar refractivity (Wildman–Crippen MR) is 121 cm³/mol. The minimum atomic E-state index is 0.762. The van der Waals surface area contributed by atoms with E-state index >= 15 is 0 Å². The van der Waals surface area contributed by atoms with Crippen LogP contribution in [0.4, 0.5) is 0 Å². The zero-order chi connectivity index (χ0) is 21.1. The highest BCUT2D eigenvalue weighted by atomic mass is 16.5. The van der Waals surface area contributed by atoms with Crippen molar-refractivity contribution in [3.8, 4) is 11.5 Å². The lowest BCUT2D eigenvalue weighted by Gasteiger charge is -2.26. The molecule has 1 aromatic rings. The van der Waals surface area contributed by atoms with Crippen LogP contribution in [0.25, 0.3) is 0 Å². The van der Waals surface area contributed by atoms with Gasteiger partial charge in [-0.3, -0.25) is 4.99 Å². The maximum absolute atomic E-state index is 5.45. The molecule has 1 aliphatic heterocycles. The topological polar surface area (TPSA) is 49.3 Å². The van der Waals surface area contributed by atoms with Crippen molar-refractivity contribution in [3.05, 3.63) is 23.3 Å². The second kappa shape index (κ2) is 12.6. The lowest BCUT2D eigenvalue weighted by Crippen LogP contribution is -2.39. The van der Waals surface area contributed by atoms with Gasteiger partial charge in [0, 0.05) is 27.2 Å². The summed E-state index contributed by atoms with van der Waals surface area (Å²) in [4.78, 5) is 9.22. The molecule has 0 atom stereocenters. The Morgan fingerprint density at radius 3 is 2.41 bits per heavy atom. The second-order valence-corrected chi connectivity index (χ2v) is 7.93. The fraction of sp³-hybridized carbons (Fsp3) is 0.696. The van der Waals surface area contributed by atoms with Crippen LogP contribution in [0.5, 0.6) is 11.5 Å². The zero-order valence-corrected chi connectivity index (χ0v) is 19.1. The molecule has 1 saturated heterocycles. The van der Waals surface area contributed by atoms with Crippen LogP contribution >= 0.6 is 0 Å². The number of aliphatic imine (C=N–C) groups is 1. The number of guanidine groups is 1. The van der Waals surface area contributed by atoms with E-state index in [1.165, 1.54) is 69.3 Å². The molecular formula is C23H40N4O2. The number of hydrogen-bond donors (Lipinski definition) is 1. The van der Waals surface area contributed by atoms with Crippen molar-refractivity contribution < 1.29 is 9.47 Å². The summed E-state index contributed by atoms with van der Waals surface area (Å²) in [5, 5.41) is 3.50. The number of hydrogen-bond acceptors (Lipinski definition) is 4. The van der Waals surface area contributed by atoms with Gasteiger partial charge in [0.05, 0.1) is 14.2 Å². The smallest absolute Gasteiger partial charge is 0.193 e. The van der Waals surface area contributed by atoms with Crippen molar-refractivity contribution >= 4 is 5.96 Å². The van der Waals surface area contributed by atoms with Crippen LogP contribution in [0.3, 0.4) is 0 Å². The minimum Gasteiger partial charge on any atom is -0.493 e. The number of unbranched alkanes of at least 4 members (excludes halogenated alkanes) is 2. The Morgan fingerprint density at radius 2 is 1.76 bits per heavy atom. The van der Waals surface area contributed by atoms with Crippen molar-refractivity contribution in [1.29, 1.82) is 0 Å². The molecule has 0 spiro atoms. The van der Waals surface area contributed by atoms with Crippen molar-refractivity contribution in [3.63, 3.8) is 0 Å². The number of nitrogens with one attached hydrogen (secondary N) is 1. The van der Waals surface area contributed by atoms with Gasteiger partial charge in [0.2, 0.25) is 0 Å². The van der Waals surface area contributed by atoms with Gasteiger partial charge in [0.25, 0.3) is 0 Å². The molecule has 1 aliphatic rings. The molecule has 0 unspecified atom stereocenters. The largest absolute Gasteiger partial charge is 0.493 e. The molecule has 0 aromatic heterocycles. The number of methoxy groups -OCH3 is 2. The first-order valence-corrected chi connectivity index (χ1v) is 10.9. The van der Waals surface area contributed by atoms with Crippen LogP contribution in [0.2, 0.25) is 0 Å². The molecule has 29 heavy (non-hydrogen) atoms. The van der Waals surface area contributed by atoms with Crippen molar-refractivity contribution in [1.82, 2.24) is 15.1 Å². The Bertz CT molecular complexity index is 642. The highest BCUT2D eigenvalue weighted by molar-refractivity contribution is 5.79. The van der Waals surface area contributed by atoms with Gasteiger partial charge in [-0.1, -0.05) is 12.8 Å². The number of ether oxygens (including phenoxy) is 2. The third-order valence-electron chi connectivity index (χ3n) is 5.71. The van der Waals surface area contributed by atoms with E-state index in [2.05, 4.69) is 40.1 Å². The molecule has 6 nitrogen and oxygen atoms in total. The molecule has 0 radical (unpaired) electrons. The SMILES string of the molecule is CN=C(NCCCCCN1CCCCC1)N(C)Cc1cc(OC)c(OC)cc1C. The Hall–Kier alpha value is -1.95. The quantitative estimate of drug-likeness (QED) is 0.366. The Balaban J connectivity index is 1.75. The van der Waals surface area contributed by atoms with E-state index in [1.54, 1.807) is 14.2 Å². The van der Waals surface area contributed by atoms with Gasteiger partial charge in [-0.25, -0.2) is 0 Å². The van der Waals surface area contributed by atoms with Gasteiger partial charge in [-0.15, -0.1) is 0 Å². The molecule has 0 bridgehead atoms. The van der Waals surface area contributed by atoms with E-state index in [0.717, 1.165) is 30.5 Å². The number of benzene rings is 1. The third kappa shape index (κ3) is 7.42. The van der Waals surface area contributed by atoms with Gasteiger partial charge in [0.15, 0.2) is 17.5 Å². The van der Waals surface area contributed by atoms with Gasteiger partial charge in [0.1, 0.15) is 0 Å². The van der Waals surface area contributed by atoms with Crippen LogP contribution in [0.1, 0.15) is 49.7 Å². The number of aryl methyl sites for hydroxylation is 1. The number of rotatable bonds is 10. The van der Waals surface area contributed by atoms with E-state index in [9.17, 15) is 0 Å². The molecular weight excluding hydrogens is 364 g/mol. The molecule has 1 heterocycles. The Morgan fingerprint density at radius 1 is 1.07 bits per heavy atom. The van der Waals surface area contributed by atoms with E-state index < -0.39 is 0 Å². The summed E-state index contributed by atoms with van der Waals surface area (Å²) in [5.74, 6) is 2.46. The van der Waals surface area contributed by atoms with Gasteiger partial charge in [-0.05, 0) is 75.5 Å². The first-order chi connectivity index (χ1) is 14.1. The van der Waals surface area contributed by atoms with Crippen LogP contribution in [-0.2, 0) is 6.54 Å². The van der Waals surface area contributed by atoms with Gasteiger partial charge in [-0.2, -0.15) is 0 Å². The number of piperidine rings is 1. The van der Waals surface area contributed by atoms with Gasteiger partial charge < -0.3 is 24.6 Å². The molecule has 0 amide bonds. The number of nitrogens with zero attached hydrogens (tertiary/aromatic N) is 3. The standard InChI is InChI=1S/C23H40N4O2/c1-19-16-21(28-4)22(29-5)17-20(19)18-26(3)23(24-2)25-12-8-6-9-13-27-14-10-7-11-15-27/h16-17H,6-15,18H2,1-5H3,(H,24,25). The summed E-state index contributed by atoms with van der Waals surface area (Å²) in [6, 6.07) is 4.08. The normalized spacial score (nSPS) is 15.3. The number of likely N-dealkylation sites (tertiary alicyclic amines) is 1. The van der Waals surface area contributed by atoms with Gasteiger partial charge >= 0.3 is 0 Å². The fourth-order valence-electron chi connectivity index (χ4n) is 3.93. The Kier molecular flexibility index (Phi) is 10.1. The maximum atomic E-state index is 5.45. The van der Waals surface area contributed by atoms with Crippen LogP contribution in [0.15, 0.2) is 17.1 Å². The van der Waals surface area contributed by atoms with Crippen LogP contribution in [0, 0.1) is 6.92 Å². The molecule has 0 aliphatic carbocycles. The van der Waals surface area contributed by atoms with Crippen molar-refractivity contribution in [2.24, 2.45) is 4.99 Å². The van der Waals surface area contributed by atoms with Crippen molar-refractivity contribution in [2.75, 3.05) is 54.5 Å². The van der Waals surface area contributed by atoms with Crippen molar-refractivity contribution in [2.45, 2.75) is 52.0 Å². The third-order valence-corrected chi connectivity index (χ3v) is 5.71. The summed E-state index contributed by atoms with van der Waals surface area (Å²) in [6.07, 6.45) is 7.90. The summed E-state index contributed by atoms with van der Waals surface area (Å²) >= 11 is 0. The molecule has 0 saturated carbocycles. The fourth-order valence-corrected chi connectivity index (χ4v) is 3.93. The molecule has 1 aromatic carbocycles. The molecule has 6 heteroatoms. The highest BCUT2D eigenvalue weighted by Gasteiger charge is 2.13. The molecule has 2 rings (SSSR count). The molecule has 1 N–H and O–H groups in total. The van der Waals surface area contributed by atoms with E-state index in [4.69, 9.17) is 9.47 Å². The maximum Gasteiger partial charge on any atom is 0.193 e. The zero-order valence-electron chi connectivity index (χ0n) is 19.1. The van der Waals surface area contributed by atoms with E-state index in [1.807, 2.05) is 13.1 Å². The van der Waals surface area contributed by atoms with E-state index in [-0.39, 0.29) is 0 Å². The van der Waals surface area contributed by atoms with Crippen LogP contribution in [-0.4, -0.2) is 70.3 Å². The lowest BCUT2D eigenvalue weighted by atomic mass is 10.1. The summed E-state index contributed by atoms with van der Waals surface area (Å²) in [5.41, 5.74) is 2.39. The average molecular weight is 405 g/mol. The summed E-state index contributed by atoms with van der Waals surface area (Å²) < 4.78 is 10.8. The Labute approximate surface area is 177 Å². The first-order valence-electron chi connectivity index (χ1n) is 10.9. The predicted octanol–water partition coefficient (Wildman–Crippen LogP) is 3.68. The highest BCUT2D eigenvalue weighted by Crippen LogP contribution is 2.30. The second-order valence-electron chi connectivity index (χ2n) is 7.93. The summed E-state index contributed by atoms with van der Waals surface area (Å²) in [7, 11) is 7.26. The minimum absolute atomic E-state index is 0.762.